The Bertz CT molecular complexity index is 164. The van der Waals surface area contributed by atoms with Gasteiger partial charge in [-0.2, -0.15) is 8.42 Å². The molecule has 0 rings (SSSR count). The zero-order chi connectivity index (χ0) is 9.49. The summed E-state index contributed by atoms with van der Waals surface area (Å²) < 4.78 is 28.0. The van der Waals surface area contributed by atoms with Crippen LogP contribution in [0.1, 0.15) is 0 Å². The Morgan fingerprint density at radius 3 is 1.31 bits per heavy atom. The number of hydrogen-bond acceptors (Lipinski definition) is 8. The Labute approximate surface area is 139 Å². The first-order valence-corrected chi connectivity index (χ1v) is 3.16. The fraction of sp³-hybridized carbons (Fsp3) is 0. The molecule has 5 N–H and O–H groups in total. The third-order valence-corrected chi connectivity index (χ3v) is 0.377. The molecule has 0 fully saturated rings. The Morgan fingerprint density at radius 1 is 1.15 bits per heavy atom. The summed E-state index contributed by atoms with van der Waals surface area (Å²) in [6, 6.07) is 0. The Kier molecular flexibility index (Phi) is 27.1. The van der Waals surface area contributed by atoms with Crippen molar-refractivity contribution in [2.75, 3.05) is 0 Å². The van der Waals surface area contributed by atoms with Gasteiger partial charge in [-0.05, 0) is 0 Å². The summed E-state index contributed by atoms with van der Waals surface area (Å²) in [5.41, 5.74) is 0. The number of hydrogen-bond donors (Lipinski definition) is 5. The van der Waals surface area contributed by atoms with E-state index in [1.807, 2.05) is 0 Å². The Morgan fingerprint density at radius 2 is 1.31 bits per heavy atom. The molecule has 0 atom stereocenters. The van der Waals surface area contributed by atoms with E-state index in [1.165, 1.54) is 0 Å². The SMILES string of the molecule is O=S(=O)(O)OO.OOB(O)O.[KH].[NaH]. The Balaban J connectivity index is -0.0000000546. The normalized spacial score (nSPS) is 8.38. The second kappa shape index (κ2) is 14.4. The molecule has 0 aromatic heterocycles. The second-order valence-electron chi connectivity index (χ2n) is 0.934. The first kappa shape index (κ1) is 24.6. The molecule has 0 amide bonds. The molecule has 0 spiro atoms. The summed E-state index contributed by atoms with van der Waals surface area (Å²) in [5.74, 6) is 0. The second-order valence-corrected chi connectivity index (χ2v) is 1.94. The van der Waals surface area contributed by atoms with Gasteiger partial charge in [0.25, 0.3) is 0 Å². The van der Waals surface area contributed by atoms with Crippen LogP contribution in [0.4, 0.5) is 0 Å². The molecule has 0 aromatic carbocycles. The maximum absolute atomic E-state index is 9.08. The van der Waals surface area contributed by atoms with Crippen molar-refractivity contribution in [1.82, 2.24) is 0 Å². The van der Waals surface area contributed by atoms with Crippen molar-refractivity contribution in [2.24, 2.45) is 0 Å². The van der Waals surface area contributed by atoms with Crippen LogP contribution in [0.25, 0.3) is 0 Å². The van der Waals surface area contributed by atoms with Crippen LogP contribution in [0.15, 0.2) is 0 Å². The summed E-state index contributed by atoms with van der Waals surface area (Å²) >= 11 is 0. The summed E-state index contributed by atoms with van der Waals surface area (Å²) in [7, 11) is -6.67. The topological polar surface area (TPSA) is 154 Å². The van der Waals surface area contributed by atoms with Gasteiger partial charge in [0, 0.05) is 0 Å². The van der Waals surface area contributed by atoms with E-state index in [-0.39, 0.29) is 80.9 Å². The molecule has 13 heteroatoms. The zero-order valence-electron chi connectivity index (χ0n) is 4.85. The van der Waals surface area contributed by atoms with Gasteiger partial charge in [-0.15, -0.1) is 0 Å². The quantitative estimate of drug-likeness (QED) is 0.146. The molecule has 0 radical (unpaired) electrons. The summed E-state index contributed by atoms with van der Waals surface area (Å²) in [6.07, 6.45) is 0. The molecule has 0 aliphatic rings. The van der Waals surface area contributed by atoms with Gasteiger partial charge < -0.3 is 10.0 Å². The predicted octanol–water partition coefficient (Wildman–Crippen LogP) is -3.57. The van der Waals surface area contributed by atoms with Gasteiger partial charge in [0.15, 0.2) is 0 Å². The molecule has 9 nitrogen and oxygen atoms in total. The summed E-state index contributed by atoms with van der Waals surface area (Å²) in [5, 5.41) is 29.1. The minimum absolute atomic E-state index is 0. The predicted molar refractivity (Wildman–Crippen MR) is 43.5 cm³/mol. The van der Waals surface area contributed by atoms with E-state index < -0.39 is 17.7 Å². The van der Waals surface area contributed by atoms with Gasteiger partial charge in [-0.3, -0.25) is 9.81 Å². The molecule has 0 aliphatic heterocycles. The van der Waals surface area contributed by atoms with Gasteiger partial charge in [0.2, 0.25) is 0 Å². The van der Waals surface area contributed by atoms with E-state index in [0.29, 0.717) is 0 Å². The van der Waals surface area contributed by atoms with E-state index in [0.717, 1.165) is 0 Å². The van der Waals surface area contributed by atoms with Crippen LogP contribution in [0.2, 0.25) is 0 Å². The van der Waals surface area contributed by atoms with E-state index in [1.54, 1.807) is 0 Å². The maximum atomic E-state index is 9.08. The van der Waals surface area contributed by atoms with Crippen molar-refractivity contribution in [3.63, 3.8) is 0 Å². The fourth-order valence-electron chi connectivity index (χ4n) is 0. The van der Waals surface area contributed by atoms with Crippen molar-refractivity contribution < 1.29 is 42.7 Å². The minimum atomic E-state index is -4.61. The summed E-state index contributed by atoms with van der Waals surface area (Å²) in [6.45, 7) is 0. The van der Waals surface area contributed by atoms with Crippen LogP contribution < -0.4 is 0 Å². The van der Waals surface area contributed by atoms with Gasteiger partial charge in [0.05, 0.1) is 0 Å². The van der Waals surface area contributed by atoms with Crippen molar-refractivity contribution >= 4 is 98.7 Å². The van der Waals surface area contributed by atoms with E-state index in [4.69, 9.17) is 33.5 Å². The van der Waals surface area contributed by atoms with Crippen LogP contribution in [0, 0.1) is 0 Å². The zero-order valence-corrected chi connectivity index (χ0v) is 5.67. The van der Waals surface area contributed by atoms with Crippen LogP contribution in [-0.2, 0) is 19.5 Å². The Hall–Kier alpha value is 2.37. The van der Waals surface area contributed by atoms with Gasteiger partial charge in [0.1, 0.15) is 0 Å². The molecule has 13 heavy (non-hydrogen) atoms. The first-order chi connectivity index (χ1) is 4.83. The van der Waals surface area contributed by atoms with Crippen molar-refractivity contribution in [3.05, 3.63) is 0 Å². The molecule has 0 bridgehead atoms. The summed E-state index contributed by atoms with van der Waals surface area (Å²) in [4.78, 5) is 2.86. The monoisotopic (exact) mass is 256 g/mol. The van der Waals surface area contributed by atoms with Crippen LogP contribution in [0.5, 0.6) is 0 Å². The van der Waals surface area contributed by atoms with E-state index in [9.17, 15) is 0 Å². The molecule has 0 aromatic rings. The molecular weight excluding hydrogens is 249 g/mol. The molecule has 0 unspecified atom stereocenters. The first-order valence-electron chi connectivity index (χ1n) is 1.80. The molecule has 0 aliphatic carbocycles. The van der Waals surface area contributed by atoms with Crippen molar-refractivity contribution in [3.8, 4) is 0 Å². The average Bonchev–Trinajstić information content (AvgIpc) is 1.88. The average molecular weight is 256 g/mol. The fourth-order valence-corrected chi connectivity index (χ4v) is 0. The van der Waals surface area contributed by atoms with Crippen LogP contribution in [0.3, 0.4) is 0 Å². The molecule has 0 saturated carbocycles. The standard InChI is InChI=1S/BH3O4.K.Na.H2O5S.2H/c2-1(3)5-4;;;1-5-6(2,3)4;;/h2-4H;;;1H,(H,2,3,4);;. The molecule has 0 saturated heterocycles. The van der Waals surface area contributed by atoms with E-state index >= 15 is 0 Å². The van der Waals surface area contributed by atoms with Crippen molar-refractivity contribution in [1.29, 1.82) is 0 Å². The number of rotatable bonds is 2. The third kappa shape index (κ3) is 40.5. The molecular formula is H7BKNaO9S. The molecule has 0 heterocycles. The van der Waals surface area contributed by atoms with Crippen LogP contribution in [-0.4, -0.2) is 122 Å². The van der Waals surface area contributed by atoms with E-state index in [2.05, 4.69) is 9.14 Å². The van der Waals surface area contributed by atoms with Gasteiger partial charge in [-0.25, -0.2) is 10.1 Å². The molecule has 72 valence electrons. The van der Waals surface area contributed by atoms with Crippen molar-refractivity contribution in [2.45, 2.75) is 0 Å². The van der Waals surface area contributed by atoms with Gasteiger partial charge >= 0.3 is 98.7 Å². The van der Waals surface area contributed by atoms with Gasteiger partial charge in [-0.1, -0.05) is 4.33 Å². The van der Waals surface area contributed by atoms with Crippen LogP contribution >= 0.6 is 0 Å². The third-order valence-electron chi connectivity index (χ3n) is 0.188.